The van der Waals surface area contributed by atoms with Gasteiger partial charge in [0.2, 0.25) is 11.0 Å². The van der Waals surface area contributed by atoms with E-state index >= 15 is 0 Å². The standard InChI is InChI=1S/C41H79NO4P/c1-6-8-10-12-14-16-18-20-22-24-26-28-30-32-34-36-40(43)47(45,46-39-38-42(3,4)5)41(44)37-35-33-31-29-27-25-23-21-19-17-15-13-11-9-7-2/h20-23H,6-19,24-39H2,1-5H3/q+1/b22-20-,23-21-. The minimum absolute atomic E-state index is 0.164. The Kier molecular flexibility index (Phi) is 31.5. The highest BCUT2D eigenvalue weighted by Gasteiger charge is 2.40. The second kappa shape index (κ2) is 32.2. The summed E-state index contributed by atoms with van der Waals surface area (Å²) < 4.78 is 20.0. The van der Waals surface area contributed by atoms with Crippen molar-refractivity contribution in [2.45, 2.75) is 194 Å². The van der Waals surface area contributed by atoms with Crippen LogP contribution in [0.15, 0.2) is 24.3 Å². The third-order valence-corrected chi connectivity index (χ3v) is 11.3. The molecule has 0 rings (SSSR count). The van der Waals surface area contributed by atoms with E-state index in [1.807, 2.05) is 21.1 Å². The number of unbranched alkanes of at least 4 members (excludes halogenated alkanes) is 22. The summed E-state index contributed by atoms with van der Waals surface area (Å²) in [5, 5.41) is 0. The molecular weight excluding hydrogens is 601 g/mol. The fraction of sp³-hybridized carbons (Fsp3) is 0.854. The molecule has 0 unspecified atom stereocenters. The van der Waals surface area contributed by atoms with Crippen molar-refractivity contribution in [1.29, 1.82) is 0 Å². The minimum Gasteiger partial charge on any atom is -0.329 e. The molecule has 6 heteroatoms. The van der Waals surface area contributed by atoms with Crippen LogP contribution in [0.25, 0.3) is 0 Å². The highest BCUT2D eigenvalue weighted by molar-refractivity contribution is 7.90. The number of hydrogen-bond donors (Lipinski definition) is 0. The Morgan fingerprint density at radius 2 is 0.787 bits per heavy atom. The Morgan fingerprint density at radius 3 is 1.11 bits per heavy atom. The average Bonchev–Trinajstić information content (AvgIpc) is 3.03. The van der Waals surface area contributed by atoms with Gasteiger partial charge in [-0.1, -0.05) is 141 Å². The van der Waals surface area contributed by atoms with Crippen molar-refractivity contribution in [3.8, 4) is 0 Å². The molecule has 0 aliphatic carbocycles. The van der Waals surface area contributed by atoms with Crippen LogP contribution >= 0.6 is 7.37 Å². The van der Waals surface area contributed by atoms with E-state index in [2.05, 4.69) is 38.2 Å². The lowest BCUT2D eigenvalue weighted by Crippen LogP contribution is -2.37. The van der Waals surface area contributed by atoms with Crippen LogP contribution in [0, 0.1) is 0 Å². The van der Waals surface area contributed by atoms with E-state index < -0.39 is 18.4 Å². The van der Waals surface area contributed by atoms with Crippen LogP contribution in [0.3, 0.4) is 0 Å². The number of nitrogens with zero attached hydrogens (tertiary/aromatic N) is 1. The molecule has 276 valence electrons. The summed E-state index contributed by atoms with van der Waals surface area (Å²) in [7, 11) is 2.10. The first-order valence-corrected chi connectivity index (χ1v) is 21.7. The topological polar surface area (TPSA) is 60.4 Å². The van der Waals surface area contributed by atoms with Crippen molar-refractivity contribution in [3.05, 3.63) is 24.3 Å². The first-order valence-electron chi connectivity index (χ1n) is 20.1. The molecule has 0 spiro atoms. The van der Waals surface area contributed by atoms with E-state index in [1.54, 1.807) is 0 Å². The fourth-order valence-corrected chi connectivity index (χ4v) is 7.52. The zero-order chi connectivity index (χ0) is 34.9. The van der Waals surface area contributed by atoms with Crippen molar-refractivity contribution in [2.24, 2.45) is 0 Å². The molecule has 0 aromatic rings. The molecule has 0 amide bonds. The van der Waals surface area contributed by atoms with Crippen molar-refractivity contribution < 1.29 is 23.2 Å². The summed E-state index contributed by atoms with van der Waals surface area (Å²) in [6.07, 6.45) is 40.4. The first-order chi connectivity index (χ1) is 22.7. The van der Waals surface area contributed by atoms with Crippen molar-refractivity contribution in [3.63, 3.8) is 0 Å². The van der Waals surface area contributed by atoms with E-state index in [0.717, 1.165) is 51.4 Å². The number of quaternary nitrogens is 1. The summed E-state index contributed by atoms with van der Waals surface area (Å²) in [5.74, 6) is 0. The van der Waals surface area contributed by atoms with Crippen LogP contribution in [-0.4, -0.2) is 49.8 Å². The summed E-state index contributed by atoms with van der Waals surface area (Å²) in [6.45, 7) is 5.28. The average molecular weight is 681 g/mol. The van der Waals surface area contributed by atoms with Gasteiger partial charge in [-0.25, -0.2) is 0 Å². The number of carbonyl (C=O) groups is 2. The lowest BCUT2D eigenvalue weighted by molar-refractivity contribution is -0.870. The van der Waals surface area contributed by atoms with Gasteiger partial charge in [0.05, 0.1) is 21.1 Å². The highest BCUT2D eigenvalue weighted by atomic mass is 31.2. The SMILES string of the molecule is CCCCCCCC/C=C\CCCCCCCC(=O)P(=O)(OCC[N+](C)(C)C)C(=O)CCCCCCC/C=C\CCCCCCCC. The molecule has 0 saturated carbocycles. The highest BCUT2D eigenvalue weighted by Crippen LogP contribution is 2.51. The number of rotatable bonds is 36. The van der Waals surface area contributed by atoms with Crippen molar-refractivity contribution >= 4 is 18.4 Å². The van der Waals surface area contributed by atoms with Crippen LogP contribution in [0.5, 0.6) is 0 Å². The van der Waals surface area contributed by atoms with E-state index in [0.29, 0.717) is 23.9 Å². The zero-order valence-electron chi connectivity index (χ0n) is 32.1. The minimum atomic E-state index is -3.97. The van der Waals surface area contributed by atoms with Gasteiger partial charge in [0.15, 0.2) is 0 Å². The predicted molar refractivity (Wildman–Crippen MR) is 205 cm³/mol. The second-order valence-electron chi connectivity index (χ2n) is 14.9. The third-order valence-electron chi connectivity index (χ3n) is 9.00. The molecule has 0 heterocycles. The van der Waals surface area contributed by atoms with Gasteiger partial charge >= 0.3 is 7.37 Å². The van der Waals surface area contributed by atoms with Gasteiger partial charge in [0.25, 0.3) is 0 Å². The van der Waals surface area contributed by atoms with Crippen LogP contribution < -0.4 is 0 Å². The largest absolute Gasteiger partial charge is 0.330 e. The number of allylic oxidation sites excluding steroid dienone is 4. The first kappa shape index (κ1) is 46.0. The molecule has 0 aliphatic heterocycles. The molecule has 0 saturated heterocycles. The van der Waals surface area contributed by atoms with Crippen LogP contribution in [0.2, 0.25) is 0 Å². The molecule has 47 heavy (non-hydrogen) atoms. The molecule has 5 nitrogen and oxygen atoms in total. The van der Waals surface area contributed by atoms with E-state index in [-0.39, 0.29) is 19.4 Å². The Hall–Kier alpha value is -1.03. The quantitative estimate of drug-likeness (QED) is 0.0286. The van der Waals surface area contributed by atoms with Gasteiger partial charge in [-0.3, -0.25) is 14.2 Å². The van der Waals surface area contributed by atoms with Crippen molar-refractivity contribution in [2.75, 3.05) is 34.3 Å². The van der Waals surface area contributed by atoms with Crippen LogP contribution in [0.1, 0.15) is 194 Å². The Labute approximate surface area is 293 Å². The molecule has 0 bridgehead atoms. The summed E-state index contributed by atoms with van der Waals surface area (Å²) in [5.41, 5.74) is -0.927. The monoisotopic (exact) mass is 681 g/mol. The zero-order valence-corrected chi connectivity index (χ0v) is 32.9. The lowest BCUT2D eigenvalue weighted by atomic mass is 10.1. The maximum Gasteiger partial charge on any atom is 0.330 e. The molecule has 0 aromatic carbocycles. The van der Waals surface area contributed by atoms with E-state index in [9.17, 15) is 14.2 Å². The van der Waals surface area contributed by atoms with Gasteiger partial charge in [-0.2, -0.15) is 0 Å². The maximum atomic E-state index is 13.7. The molecular formula is C41H79NO4P+. The molecule has 0 radical (unpaired) electrons. The summed E-state index contributed by atoms with van der Waals surface area (Å²) in [4.78, 5) is 26.3. The molecule has 0 atom stereocenters. The second-order valence-corrected chi connectivity index (χ2v) is 17.2. The fourth-order valence-electron chi connectivity index (χ4n) is 5.71. The van der Waals surface area contributed by atoms with Crippen molar-refractivity contribution in [1.82, 2.24) is 0 Å². The predicted octanol–water partition coefficient (Wildman–Crippen LogP) is 13.1. The Bertz CT molecular complexity index is 789. The maximum absolute atomic E-state index is 13.7. The normalized spacial score (nSPS) is 12.5. The van der Waals surface area contributed by atoms with Gasteiger partial charge in [-0.15, -0.1) is 0 Å². The number of hydrogen-bond acceptors (Lipinski definition) is 4. The van der Waals surface area contributed by atoms with E-state index in [4.69, 9.17) is 4.52 Å². The number of likely N-dealkylation sites (N-methyl/N-ethyl adjacent to an activating group) is 1. The van der Waals surface area contributed by atoms with Gasteiger partial charge in [-0.05, 0) is 64.2 Å². The van der Waals surface area contributed by atoms with Gasteiger partial charge in [0, 0.05) is 12.8 Å². The summed E-state index contributed by atoms with van der Waals surface area (Å²) in [6, 6.07) is 0. The molecule has 0 N–H and O–H groups in total. The van der Waals surface area contributed by atoms with Crippen LogP contribution in [-0.2, 0) is 18.7 Å². The molecule has 0 aliphatic rings. The van der Waals surface area contributed by atoms with Gasteiger partial charge < -0.3 is 9.01 Å². The number of carbonyl (C=O) groups excluding carboxylic acids is 2. The molecule has 0 fully saturated rings. The lowest BCUT2D eigenvalue weighted by Gasteiger charge is -2.25. The van der Waals surface area contributed by atoms with Crippen LogP contribution in [0.4, 0.5) is 0 Å². The van der Waals surface area contributed by atoms with Gasteiger partial charge in [0.1, 0.15) is 13.2 Å². The smallest absolute Gasteiger partial charge is 0.329 e. The van der Waals surface area contributed by atoms with E-state index in [1.165, 1.54) is 103 Å². The third kappa shape index (κ3) is 29.6. The molecule has 0 aromatic heterocycles. The Morgan fingerprint density at radius 1 is 0.489 bits per heavy atom. The Balaban J connectivity index is 4.26. The summed E-state index contributed by atoms with van der Waals surface area (Å²) >= 11 is 0.